The van der Waals surface area contributed by atoms with Gasteiger partial charge in [0.1, 0.15) is 11.5 Å². The number of likely N-dealkylation sites (tertiary alicyclic amines) is 1. The van der Waals surface area contributed by atoms with Gasteiger partial charge >= 0.3 is 6.09 Å². The zero-order chi connectivity index (χ0) is 23.5. The van der Waals surface area contributed by atoms with Crippen LogP contribution in [0.5, 0.6) is 11.5 Å². The summed E-state index contributed by atoms with van der Waals surface area (Å²) in [5.41, 5.74) is 2.10. The maximum atomic E-state index is 11.3. The van der Waals surface area contributed by atoms with Crippen LogP contribution in [-0.2, 0) is 16.1 Å². The number of methoxy groups -OCH3 is 1. The fourth-order valence-corrected chi connectivity index (χ4v) is 4.01. The molecule has 2 aromatic rings. The summed E-state index contributed by atoms with van der Waals surface area (Å²) >= 11 is 0. The van der Waals surface area contributed by atoms with Crippen LogP contribution in [0.3, 0.4) is 0 Å². The molecule has 1 saturated heterocycles. The highest BCUT2D eigenvalue weighted by Crippen LogP contribution is 2.31. The van der Waals surface area contributed by atoms with Gasteiger partial charge in [-0.05, 0) is 30.2 Å². The van der Waals surface area contributed by atoms with Gasteiger partial charge in [-0.2, -0.15) is 0 Å². The Balaban J connectivity index is 1.43. The molecule has 8 nitrogen and oxygen atoms in total. The van der Waals surface area contributed by atoms with Crippen LogP contribution in [0.15, 0.2) is 48.5 Å². The highest BCUT2D eigenvalue weighted by atomic mass is 16.5. The topological polar surface area (TPSA) is 97.7 Å². The van der Waals surface area contributed by atoms with Gasteiger partial charge in [0.15, 0.2) is 0 Å². The Hall–Kier alpha value is -2.81. The predicted molar refractivity (Wildman–Crippen MR) is 123 cm³/mol. The first-order chi connectivity index (χ1) is 16.1. The van der Waals surface area contributed by atoms with Crippen molar-refractivity contribution in [1.29, 1.82) is 0 Å². The summed E-state index contributed by atoms with van der Waals surface area (Å²) in [6.07, 6.45) is 0.212. The van der Waals surface area contributed by atoms with Gasteiger partial charge in [-0.1, -0.05) is 30.3 Å². The third-order valence-corrected chi connectivity index (χ3v) is 5.71. The van der Waals surface area contributed by atoms with Crippen LogP contribution >= 0.6 is 0 Å². The lowest BCUT2D eigenvalue weighted by molar-refractivity contribution is -0.0234. The second-order valence-corrected chi connectivity index (χ2v) is 7.89. The number of rotatable bonds is 12. The smallest absolute Gasteiger partial charge is 0.407 e. The van der Waals surface area contributed by atoms with E-state index in [4.69, 9.17) is 24.1 Å². The molecule has 8 heteroatoms. The monoisotopic (exact) mass is 459 g/mol. The minimum atomic E-state index is -0.943. The molecule has 1 aliphatic heterocycles. The van der Waals surface area contributed by atoms with E-state index in [-0.39, 0.29) is 25.2 Å². The first-order valence-corrected chi connectivity index (χ1v) is 11.2. The molecule has 0 aliphatic carbocycles. The van der Waals surface area contributed by atoms with Crippen LogP contribution in [0.4, 0.5) is 4.79 Å². The molecule has 0 radical (unpaired) electrons. The Morgan fingerprint density at radius 1 is 1.09 bits per heavy atom. The number of hydrogen-bond acceptors (Lipinski definition) is 6. The molecular weight excluding hydrogens is 426 g/mol. The van der Waals surface area contributed by atoms with E-state index < -0.39 is 6.09 Å². The average Bonchev–Trinajstić information content (AvgIpc) is 2.85. The summed E-state index contributed by atoms with van der Waals surface area (Å²) in [4.78, 5) is 12.7. The maximum absolute atomic E-state index is 11.3. The fourth-order valence-electron chi connectivity index (χ4n) is 4.01. The number of piperidine rings is 1. The van der Waals surface area contributed by atoms with E-state index in [1.165, 1.54) is 4.90 Å². The summed E-state index contributed by atoms with van der Waals surface area (Å²) in [7, 11) is 1.65. The second-order valence-electron chi connectivity index (χ2n) is 7.89. The minimum absolute atomic E-state index is 0.0737. The average molecular weight is 460 g/mol. The standard InChI is InChI=1S/C25H33NO7/c1-30-23-6-3-2-5-20(23)18-31-14-4-15-32-21-9-7-19(8-10-21)22-11-12-26(25(28)29)17-24(22)33-16-13-27/h2-3,5-10,22,24,27H,4,11-18H2,1H3,(H,28,29). The first kappa shape index (κ1) is 24.8. The van der Waals surface area contributed by atoms with Crippen molar-refractivity contribution in [3.05, 3.63) is 59.7 Å². The summed E-state index contributed by atoms with van der Waals surface area (Å²) in [5.74, 6) is 1.68. The molecule has 1 amide bonds. The molecule has 0 aromatic heterocycles. The maximum Gasteiger partial charge on any atom is 0.407 e. The van der Waals surface area contributed by atoms with Crippen molar-refractivity contribution >= 4 is 6.09 Å². The fraction of sp³-hybridized carbons (Fsp3) is 0.480. The van der Waals surface area contributed by atoms with Crippen molar-refractivity contribution in [2.45, 2.75) is 31.5 Å². The van der Waals surface area contributed by atoms with Gasteiger partial charge in [0.25, 0.3) is 0 Å². The Labute approximate surface area is 194 Å². The van der Waals surface area contributed by atoms with Crippen LogP contribution in [-0.4, -0.2) is 73.9 Å². The molecule has 1 heterocycles. The Kier molecular flexibility index (Phi) is 9.80. The third-order valence-electron chi connectivity index (χ3n) is 5.71. The molecular formula is C25H33NO7. The van der Waals surface area contributed by atoms with Crippen LogP contribution in [0, 0.1) is 0 Å². The Morgan fingerprint density at radius 2 is 1.88 bits per heavy atom. The highest BCUT2D eigenvalue weighted by molar-refractivity contribution is 5.65. The van der Waals surface area contributed by atoms with E-state index in [2.05, 4.69) is 0 Å². The minimum Gasteiger partial charge on any atom is -0.496 e. The molecule has 0 spiro atoms. The van der Waals surface area contributed by atoms with Crippen molar-refractivity contribution in [3.8, 4) is 11.5 Å². The lowest BCUT2D eigenvalue weighted by Gasteiger charge is -2.37. The van der Waals surface area contributed by atoms with E-state index in [1.54, 1.807) is 7.11 Å². The molecule has 3 rings (SSSR count). The normalized spacial score (nSPS) is 18.2. The molecule has 180 valence electrons. The molecule has 1 aliphatic rings. The van der Waals surface area contributed by atoms with Gasteiger partial charge < -0.3 is 34.1 Å². The molecule has 1 fully saturated rings. The quantitative estimate of drug-likeness (QED) is 0.469. The van der Waals surface area contributed by atoms with Gasteiger partial charge in [0.2, 0.25) is 0 Å². The molecule has 0 saturated carbocycles. The van der Waals surface area contributed by atoms with Crippen LogP contribution in [0.2, 0.25) is 0 Å². The molecule has 33 heavy (non-hydrogen) atoms. The van der Waals surface area contributed by atoms with Gasteiger partial charge in [0, 0.05) is 24.4 Å². The second kappa shape index (κ2) is 13.0. The number of carbonyl (C=O) groups is 1. The lowest BCUT2D eigenvalue weighted by Crippen LogP contribution is -2.46. The largest absolute Gasteiger partial charge is 0.496 e. The van der Waals surface area contributed by atoms with Crippen molar-refractivity contribution in [3.63, 3.8) is 0 Å². The van der Waals surface area contributed by atoms with Gasteiger partial charge in [-0.15, -0.1) is 0 Å². The van der Waals surface area contributed by atoms with Crippen molar-refractivity contribution < 1.29 is 34.0 Å². The number of hydrogen-bond donors (Lipinski definition) is 2. The number of para-hydroxylation sites is 1. The van der Waals surface area contributed by atoms with Crippen LogP contribution in [0.25, 0.3) is 0 Å². The number of aliphatic hydroxyl groups is 1. The van der Waals surface area contributed by atoms with E-state index in [9.17, 15) is 9.90 Å². The van der Waals surface area contributed by atoms with Crippen molar-refractivity contribution in [2.75, 3.05) is 46.6 Å². The lowest BCUT2D eigenvalue weighted by atomic mass is 9.87. The number of carboxylic acid groups (broad SMARTS) is 1. The number of aliphatic hydroxyl groups excluding tert-OH is 1. The third kappa shape index (κ3) is 7.35. The molecule has 0 bridgehead atoms. The summed E-state index contributed by atoms with van der Waals surface area (Å²) in [5, 5.41) is 18.4. The first-order valence-electron chi connectivity index (χ1n) is 11.2. The number of ether oxygens (including phenoxy) is 4. The Bertz CT molecular complexity index is 858. The molecule has 2 N–H and O–H groups in total. The van der Waals surface area contributed by atoms with E-state index in [0.29, 0.717) is 39.3 Å². The van der Waals surface area contributed by atoms with Gasteiger partial charge in [0.05, 0.1) is 52.8 Å². The zero-order valence-electron chi connectivity index (χ0n) is 19.0. The molecule has 2 aromatic carbocycles. The summed E-state index contributed by atoms with van der Waals surface area (Å²) < 4.78 is 22.6. The Morgan fingerprint density at radius 3 is 2.61 bits per heavy atom. The number of amides is 1. The summed E-state index contributed by atoms with van der Waals surface area (Å²) in [6.45, 7) is 2.49. The van der Waals surface area contributed by atoms with E-state index in [0.717, 1.165) is 29.0 Å². The van der Waals surface area contributed by atoms with Crippen LogP contribution in [0.1, 0.15) is 29.9 Å². The number of nitrogens with zero attached hydrogens (tertiary/aromatic N) is 1. The summed E-state index contributed by atoms with van der Waals surface area (Å²) in [6, 6.07) is 15.7. The van der Waals surface area contributed by atoms with Crippen molar-refractivity contribution in [1.82, 2.24) is 4.90 Å². The van der Waals surface area contributed by atoms with E-state index in [1.807, 2.05) is 48.5 Å². The zero-order valence-corrected chi connectivity index (χ0v) is 19.0. The predicted octanol–water partition coefficient (Wildman–Crippen LogP) is 3.53. The van der Waals surface area contributed by atoms with Gasteiger partial charge in [-0.3, -0.25) is 0 Å². The van der Waals surface area contributed by atoms with Crippen molar-refractivity contribution in [2.24, 2.45) is 0 Å². The van der Waals surface area contributed by atoms with Crippen LogP contribution < -0.4 is 9.47 Å². The number of benzene rings is 2. The molecule has 2 unspecified atom stereocenters. The highest BCUT2D eigenvalue weighted by Gasteiger charge is 2.33. The van der Waals surface area contributed by atoms with E-state index >= 15 is 0 Å². The molecule has 2 atom stereocenters. The SMILES string of the molecule is COc1ccccc1COCCCOc1ccc(C2CCN(C(=O)O)CC2OCCO)cc1. The van der Waals surface area contributed by atoms with Gasteiger partial charge in [-0.25, -0.2) is 4.79 Å².